The van der Waals surface area contributed by atoms with Crippen molar-refractivity contribution >= 4 is 29.9 Å². The van der Waals surface area contributed by atoms with Gasteiger partial charge >= 0.3 is 0 Å². The molecule has 1 aromatic carbocycles. The minimum Gasteiger partial charge on any atom is -0.377 e. The lowest BCUT2D eigenvalue weighted by atomic mass is 10.2. The number of hydrogen-bond donors (Lipinski definition) is 2. The molecule has 0 bridgehead atoms. The summed E-state index contributed by atoms with van der Waals surface area (Å²) in [4.78, 5) is 4.22. The van der Waals surface area contributed by atoms with Gasteiger partial charge < -0.3 is 15.4 Å². The molecule has 0 aromatic heterocycles. The molecule has 0 heterocycles. The van der Waals surface area contributed by atoms with Crippen molar-refractivity contribution in [3.05, 3.63) is 35.9 Å². The third-order valence-electron chi connectivity index (χ3n) is 3.42. The van der Waals surface area contributed by atoms with Crippen molar-refractivity contribution in [3.63, 3.8) is 0 Å². The quantitative estimate of drug-likeness (QED) is 0.240. The Bertz CT molecular complexity index is 399. The van der Waals surface area contributed by atoms with Crippen LogP contribution >= 0.6 is 24.0 Å². The predicted molar refractivity (Wildman–Crippen MR) is 110 cm³/mol. The lowest BCUT2D eigenvalue weighted by molar-refractivity contribution is 0.117. The van der Waals surface area contributed by atoms with Gasteiger partial charge in [0.1, 0.15) is 0 Å². The number of guanidine groups is 1. The van der Waals surface area contributed by atoms with Crippen molar-refractivity contribution in [2.75, 3.05) is 26.7 Å². The van der Waals surface area contributed by atoms with E-state index in [9.17, 15) is 0 Å². The van der Waals surface area contributed by atoms with Crippen LogP contribution in [0.4, 0.5) is 0 Å². The Kier molecular flexibility index (Phi) is 15.5. The second kappa shape index (κ2) is 16.1. The van der Waals surface area contributed by atoms with E-state index in [1.54, 1.807) is 0 Å². The second-order valence-electron chi connectivity index (χ2n) is 5.38. The number of ether oxygens (including phenoxy) is 1. The fourth-order valence-electron chi connectivity index (χ4n) is 2.10. The lowest BCUT2D eigenvalue weighted by Crippen LogP contribution is -2.38. The average Bonchev–Trinajstić information content (AvgIpc) is 2.56. The van der Waals surface area contributed by atoms with E-state index >= 15 is 0 Å². The van der Waals surface area contributed by atoms with Gasteiger partial charge in [-0.1, -0.05) is 50.1 Å². The van der Waals surface area contributed by atoms with Crippen LogP contribution in [0.25, 0.3) is 0 Å². The van der Waals surface area contributed by atoms with E-state index in [2.05, 4.69) is 34.7 Å². The van der Waals surface area contributed by atoms with Crippen LogP contribution in [0.15, 0.2) is 35.3 Å². The molecule has 0 aliphatic heterocycles. The number of aliphatic imine (C=N–C) groups is 1. The Morgan fingerprint density at radius 3 is 2.26 bits per heavy atom. The van der Waals surface area contributed by atoms with Crippen LogP contribution < -0.4 is 10.6 Å². The van der Waals surface area contributed by atoms with Crippen LogP contribution in [0.1, 0.15) is 44.6 Å². The Morgan fingerprint density at radius 2 is 1.65 bits per heavy atom. The Hall–Kier alpha value is -0.820. The summed E-state index contributed by atoms with van der Waals surface area (Å²) >= 11 is 0. The normalized spacial score (nSPS) is 11.0. The first-order valence-corrected chi connectivity index (χ1v) is 8.43. The van der Waals surface area contributed by atoms with Gasteiger partial charge in [0.2, 0.25) is 0 Å². The van der Waals surface area contributed by atoms with Crippen LogP contribution in [-0.2, 0) is 11.3 Å². The topological polar surface area (TPSA) is 45.7 Å². The summed E-state index contributed by atoms with van der Waals surface area (Å²) in [5.41, 5.74) is 1.23. The molecule has 0 aliphatic rings. The van der Waals surface area contributed by atoms with E-state index in [0.717, 1.165) is 38.5 Å². The van der Waals surface area contributed by atoms with Gasteiger partial charge in [0, 0.05) is 26.7 Å². The molecule has 1 aromatic rings. The molecule has 23 heavy (non-hydrogen) atoms. The van der Waals surface area contributed by atoms with E-state index in [1.807, 2.05) is 25.2 Å². The highest BCUT2D eigenvalue weighted by Crippen LogP contribution is 2.01. The van der Waals surface area contributed by atoms with Crippen LogP contribution in [0.2, 0.25) is 0 Å². The molecule has 4 nitrogen and oxygen atoms in total. The maximum absolute atomic E-state index is 5.67. The zero-order valence-electron chi connectivity index (χ0n) is 14.5. The first kappa shape index (κ1) is 22.2. The summed E-state index contributed by atoms with van der Waals surface area (Å²) in [7, 11) is 1.82. The summed E-state index contributed by atoms with van der Waals surface area (Å²) < 4.78 is 5.67. The highest BCUT2D eigenvalue weighted by Gasteiger charge is 1.97. The summed E-state index contributed by atoms with van der Waals surface area (Å²) in [5.74, 6) is 0.904. The number of rotatable bonds is 11. The van der Waals surface area contributed by atoms with Gasteiger partial charge in [-0.2, -0.15) is 0 Å². The number of benzene rings is 1. The molecule has 0 amide bonds. The largest absolute Gasteiger partial charge is 0.377 e. The van der Waals surface area contributed by atoms with Crippen LogP contribution in [0, 0.1) is 0 Å². The molecule has 0 fully saturated rings. The number of nitrogens with zero attached hydrogens (tertiary/aromatic N) is 1. The van der Waals surface area contributed by atoms with E-state index in [-0.39, 0.29) is 24.0 Å². The van der Waals surface area contributed by atoms with Gasteiger partial charge in [0.25, 0.3) is 0 Å². The van der Waals surface area contributed by atoms with Gasteiger partial charge in [-0.05, 0) is 24.8 Å². The molecule has 0 saturated carbocycles. The van der Waals surface area contributed by atoms with Crippen LogP contribution in [0.5, 0.6) is 0 Å². The summed E-state index contributed by atoms with van der Waals surface area (Å²) in [6, 6.07) is 10.3. The minimum absolute atomic E-state index is 0. The number of nitrogens with one attached hydrogen (secondary N) is 2. The average molecular weight is 433 g/mol. The first-order valence-electron chi connectivity index (χ1n) is 8.43. The van der Waals surface area contributed by atoms with Crippen molar-refractivity contribution < 1.29 is 4.74 Å². The van der Waals surface area contributed by atoms with Gasteiger partial charge in [-0.3, -0.25) is 4.99 Å². The molecule has 0 saturated heterocycles. The van der Waals surface area contributed by atoms with Crippen LogP contribution in [-0.4, -0.2) is 32.7 Å². The van der Waals surface area contributed by atoms with E-state index < -0.39 is 0 Å². The van der Waals surface area contributed by atoms with E-state index in [1.165, 1.54) is 24.8 Å². The zero-order chi connectivity index (χ0) is 15.9. The second-order valence-corrected chi connectivity index (χ2v) is 5.38. The highest BCUT2D eigenvalue weighted by atomic mass is 127. The monoisotopic (exact) mass is 433 g/mol. The fraction of sp³-hybridized carbons (Fsp3) is 0.611. The molecule has 2 N–H and O–H groups in total. The fourth-order valence-corrected chi connectivity index (χ4v) is 2.10. The van der Waals surface area contributed by atoms with Gasteiger partial charge in [-0.15, -0.1) is 24.0 Å². The van der Waals surface area contributed by atoms with Gasteiger partial charge in [0.05, 0.1) is 6.61 Å². The molecule has 5 heteroatoms. The third-order valence-corrected chi connectivity index (χ3v) is 3.42. The Morgan fingerprint density at radius 1 is 1.00 bits per heavy atom. The molecule has 0 unspecified atom stereocenters. The molecule has 0 radical (unpaired) electrons. The molecule has 0 aliphatic carbocycles. The molecule has 0 spiro atoms. The maximum Gasteiger partial charge on any atom is 0.190 e. The van der Waals surface area contributed by atoms with Crippen molar-refractivity contribution in [1.82, 2.24) is 10.6 Å². The number of unbranched alkanes of at least 4 members (excludes halogenated alkanes) is 3. The highest BCUT2D eigenvalue weighted by molar-refractivity contribution is 14.0. The Labute approximate surface area is 158 Å². The molecule has 132 valence electrons. The van der Waals surface area contributed by atoms with Crippen molar-refractivity contribution in [2.24, 2.45) is 4.99 Å². The standard InChI is InChI=1S/C18H31N3O.HI/c1-3-4-8-13-20-18(19-2)21-14-9-10-15-22-16-17-11-6-5-7-12-17;/h5-7,11-12H,3-4,8-10,13-16H2,1-2H3,(H2,19,20,21);1H. The predicted octanol–water partition coefficient (Wildman–Crippen LogP) is 3.96. The lowest BCUT2D eigenvalue weighted by Gasteiger charge is -2.11. The summed E-state index contributed by atoms with van der Waals surface area (Å²) in [5, 5.41) is 6.67. The maximum atomic E-state index is 5.67. The third kappa shape index (κ3) is 12.3. The van der Waals surface area contributed by atoms with Crippen LogP contribution in [0.3, 0.4) is 0 Å². The van der Waals surface area contributed by atoms with Gasteiger partial charge in [-0.25, -0.2) is 0 Å². The molecular formula is C18H32IN3O. The smallest absolute Gasteiger partial charge is 0.190 e. The SMILES string of the molecule is CCCCCNC(=NC)NCCCCOCc1ccccc1.I. The van der Waals surface area contributed by atoms with E-state index in [4.69, 9.17) is 4.74 Å². The zero-order valence-corrected chi connectivity index (χ0v) is 16.8. The molecule has 1 rings (SSSR count). The first-order chi connectivity index (χ1) is 10.9. The van der Waals surface area contributed by atoms with E-state index in [0.29, 0.717) is 6.61 Å². The van der Waals surface area contributed by atoms with Crippen molar-refractivity contribution in [3.8, 4) is 0 Å². The van der Waals surface area contributed by atoms with Gasteiger partial charge in [0.15, 0.2) is 5.96 Å². The summed E-state index contributed by atoms with van der Waals surface area (Å²) in [6.07, 6.45) is 5.86. The number of hydrogen-bond acceptors (Lipinski definition) is 2. The minimum atomic E-state index is 0. The Balaban J connectivity index is 0.00000484. The molecular weight excluding hydrogens is 401 g/mol. The summed E-state index contributed by atoms with van der Waals surface area (Å²) in [6.45, 7) is 5.65. The molecule has 0 atom stereocenters. The number of halogens is 1. The van der Waals surface area contributed by atoms with Crippen molar-refractivity contribution in [2.45, 2.75) is 45.6 Å². The van der Waals surface area contributed by atoms with Crippen molar-refractivity contribution in [1.29, 1.82) is 0 Å².